The highest BCUT2D eigenvalue weighted by molar-refractivity contribution is 5.23. The molecule has 2 rings (SSSR count). The van der Waals surface area contributed by atoms with Gasteiger partial charge in [0, 0.05) is 24.4 Å². The molecule has 0 spiro atoms. The molecule has 1 unspecified atom stereocenters. The van der Waals surface area contributed by atoms with Gasteiger partial charge in [0.2, 0.25) is 5.92 Å². The van der Waals surface area contributed by atoms with Crippen molar-refractivity contribution in [3.63, 3.8) is 0 Å². The molecule has 1 N–H and O–H groups in total. The Morgan fingerprint density at radius 3 is 2.52 bits per heavy atom. The van der Waals surface area contributed by atoms with Gasteiger partial charge >= 0.3 is 0 Å². The van der Waals surface area contributed by atoms with Gasteiger partial charge in [0.25, 0.3) is 0 Å². The Hall–Kier alpha value is -1.10. The number of halogens is 4. The Kier molecular flexibility index (Phi) is 5.25. The van der Waals surface area contributed by atoms with E-state index in [1.54, 1.807) is 6.07 Å². The normalized spacial score (nSPS) is 20.4. The van der Waals surface area contributed by atoms with Gasteiger partial charge in [-0.2, -0.15) is 0 Å². The zero-order valence-corrected chi connectivity index (χ0v) is 12.1. The quantitative estimate of drug-likeness (QED) is 0.768. The maximum absolute atomic E-state index is 14.0. The fraction of sp³-hybridized carbons (Fsp3) is 0.625. The summed E-state index contributed by atoms with van der Waals surface area (Å²) in [6.07, 6.45) is 1.13. The molecular formula is C16H21F4N. The molecule has 0 bridgehead atoms. The first-order valence-electron chi connectivity index (χ1n) is 7.49. The van der Waals surface area contributed by atoms with E-state index < -0.39 is 23.6 Å². The third kappa shape index (κ3) is 3.96. The highest BCUT2D eigenvalue weighted by Gasteiger charge is 2.38. The van der Waals surface area contributed by atoms with E-state index in [0.717, 1.165) is 12.5 Å². The standard InChI is InChI=1S/C16H21F4N/c1-2-10-21-15(11-6-8-16(19,20)9-7-11)12-4-3-5-13(17)14(12)18/h3-5,11,15,21H,2,6-10H2,1H3. The number of hydrogen-bond donors (Lipinski definition) is 1. The van der Waals surface area contributed by atoms with Crippen molar-refractivity contribution in [3.8, 4) is 0 Å². The molecule has 1 aromatic carbocycles. The van der Waals surface area contributed by atoms with Crippen molar-refractivity contribution < 1.29 is 17.6 Å². The van der Waals surface area contributed by atoms with E-state index in [1.165, 1.54) is 6.07 Å². The van der Waals surface area contributed by atoms with Crippen LogP contribution < -0.4 is 5.32 Å². The first-order valence-corrected chi connectivity index (χ1v) is 7.49. The van der Waals surface area contributed by atoms with Gasteiger partial charge in [0.1, 0.15) is 0 Å². The summed E-state index contributed by atoms with van der Waals surface area (Å²) in [6, 6.07) is 3.67. The van der Waals surface area contributed by atoms with Gasteiger partial charge in [-0.05, 0) is 37.8 Å². The van der Waals surface area contributed by atoms with Crippen molar-refractivity contribution in [2.24, 2.45) is 5.92 Å². The average Bonchev–Trinajstić information content (AvgIpc) is 2.44. The van der Waals surface area contributed by atoms with Gasteiger partial charge in [0.15, 0.2) is 11.6 Å². The summed E-state index contributed by atoms with van der Waals surface area (Å²) in [7, 11) is 0. The Morgan fingerprint density at radius 2 is 1.90 bits per heavy atom. The lowest BCUT2D eigenvalue weighted by Gasteiger charge is -2.34. The Morgan fingerprint density at radius 1 is 1.24 bits per heavy atom. The highest BCUT2D eigenvalue weighted by atomic mass is 19.3. The molecule has 1 fully saturated rings. The fourth-order valence-corrected chi connectivity index (χ4v) is 2.99. The second-order valence-corrected chi connectivity index (χ2v) is 5.77. The molecule has 1 aliphatic rings. The average molecular weight is 303 g/mol. The Bertz CT molecular complexity index is 465. The lowest BCUT2D eigenvalue weighted by molar-refractivity contribution is -0.0498. The summed E-state index contributed by atoms with van der Waals surface area (Å²) in [4.78, 5) is 0. The summed E-state index contributed by atoms with van der Waals surface area (Å²) in [5.41, 5.74) is 0.249. The van der Waals surface area contributed by atoms with Crippen LogP contribution in [0.3, 0.4) is 0 Å². The van der Waals surface area contributed by atoms with Crippen molar-refractivity contribution in [1.82, 2.24) is 5.32 Å². The van der Waals surface area contributed by atoms with E-state index in [0.29, 0.717) is 19.4 Å². The highest BCUT2D eigenvalue weighted by Crippen LogP contribution is 2.41. The number of rotatable bonds is 5. The molecule has 118 valence electrons. The number of hydrogen-bond acceptors (Lipinski definition) is 1. The van der Waals surface area contributed by atoms with Crippen LogP contribution >= 0.6 is 0 Å². The van der Waals surface area contributed by atoms with Gasteiger partial charge < -0.3 is 5.32 Å². The molecule has 21 heavy (non-hydrogen) atoms. The summed E-state index contributed by atoms with van der Waals surface area (Å²) in [5.74, 6) is -4.47. The van der Waals surface area contributed by atoms with Crippen LogP contribution in [0.2, 0.25) is 0 Å². The predicted molar refractivity (Wildman–Crippen MR) is 74.3 cm³/mol. The summed E-state index contributed by atoms with van der Waals surface area (Å²) in [5, 5.41) is 3.20. The maximum atomic E-state index is 14.0. The van der Waals surface area contributed by atoms with Crippen LogP contribution in [-0.4, -0.2) is 12.5 Å². The molecule has 0 amide bonds. The fourth-order valence-electron chi connectivity index (χ4n) is 2.99. The Balaban J connectivity index is 2.20. The molecule has 0 aliphatic heterocycles. The number of alkyl halides is 2. The van der Waals surface area contributed by atoms with Crippen molar-refractivity contribution in [2.45, 2.75) is 51.0 Å². The van der Waals surface area contributed by atoms with Gasteiger partial charge in [-0.3, -0.25) is 0 Å². The van der Waals surface area contributed by atoms with Crippen LogP contribution in [0.4, 0.5) is 17.6 Å². The molecule has 1 aliphatic carbocycles. The van der Waals surface area contributed by atoms with Gasteiger partial charge in [-0.15, -0.1) is 0 Å². The lowest BCUT2D eigenvalue weighted by atomic mass is 9.79. The third-order valence-corrected chi connectivity index (χ3v) is 4.16. The predicted octanol–water partition coefficient (Wildman–Crippen LogP) is 4.83. The minimum absolute atomic E-state index is 0.0903. The first kappa shape index (κ1) is 16.3. The molecular weight excluding hydrogens is 282 g/mol. The molecule has 1 saturated carbocycles. The third-order valence-electron chi connectivity index (χ3n) is 4.16. The van der Waals surface area contributed by atoms with E-state index >= 15 is 0 Å². The first-order chi connectivity index (χ1) is 9.94. The SMILES string of the molecule is CCCNC(c1cccc(F)c1F)C1CCC(F)(F)CC1. The van der Waals surface area contributed by atoms with Crippen LogP contribution in [0, 0.1) is 17.6 Å². The van der Waals surface area contributed by atoms with E-state index in [2.05, 4.69) is 5.32 Å². The lowest BCUT2D eigenvalue weighted by Crippen LogP contribution is -2.35. The zero-order chi connectivity index (χ0) is 15.5. The van der Waals surface area contributed by atoms with Crippen molar-refractivity contribution >= 4 is 0 Å². The molecule has 0 heterocycles. The van der Waals surface area contributed by atoms with E-state index in [9.17, 15) is 17.6 Å². The minimum atomic E-state index is -2.62. The van der Waals surface area contributed by atoms with Crippen LogP contribution in [0.15, 0.2) is 18.2 Å². The van der Waals surface area contributed by atoms with Gasteiger partial charge in [-0.25, -0.2) is 17.6 Å². The van der Waals surface area contributed by atoms with Crippen LogP contribution in [-0.2, 0) is 0 Å². The molecule has 1 atom stereocenters. The molecule has 0 saturated heterocycles. The van der Waals surface area contributed by atoms with E-state index in [4.69, 9.17) is 0 Å². The van der Waals surface area contributed by atoms with Crippen molar-refractivity contribution in [1.29, 1.82) is 0 Å². The molecule has 1 aromatic rings. The zero-order valence-electron chi connectivity index (χ0n) is 12.1. The van der Waals surface area contributed by atoms with Crippen LogP contribution in [0.5, 0.6) is 0 Å². The molecule has 0 aromatic heterocycles. The summed E-state index contributed by atoms with van der Waals surface area (Å²) in [6.45, 7) is 2.62. The summed E-state index contributed by atoms with van der Waals surface area (Å²) >= 11 is 0. The van der Waals surface area contributed by atoms with Crippen molar-refractivity contribution in [2.75, 3.05) is 6.54 Å². The smallest absolute Gasteiger partial charge is 0.248 e. The largest absolute Gasteiger partial charge is 0.310 e. The summed E-state index contributed by atoms with van der Waals surface area (Å²) < 4.78 is 54.0. The molecule has 0 radical (unpaired) electrons. The monoisotopic (exact) mass is 303 g/mol. The van der Waals surface area contributed by atoms with Gasteiger partial charge in [0.05, 0.1) is 0 Å². The second kappa shape index (κ2) is 6.77. The van der Waals surface area contributed by atoms with Crippen LogP contribution in [0.25, 0.3) is 0 Å². The Labute approximate surface area is 122 Å². The number of nitrogens with one attached hydrogen (secondary N) is 1. The van der Waals surface area contributed by atoms with Crippen molar-refractivity contribution in [3.05, 3.63) is 35.4 Å². The molecule has 1 nitrogen and oxygen atoms in total. The number of benzene rings is 1. The maximum Gasteiger partial charge on any atom is 0.248 e. The van der Waals surface area contributed by atoms with E-state index in [-0.39, 0.29) is 24.3 Å². The second-order valence-electron chi connectivity index (χ2n) is 5.77. The minimum Gasteiger partial charge on any atom is -0.310 e. The molecule has 5 heteroatoms. The van der Waals surface area contributed by atoms with Gasteiger partial charge in [-0.1, -0.05) is 19.1 Å². The van der Waals surface area contributed by atoms with Crippen LogP contribution in [0.1, 0.15) is 50.6 Å². The van der Waals surface area contributed by atoms with E-state index in [1.807, 2.05) is 6.92 Å². The topological polar surface area (TPSA) is 12.0 Å².